The molecule has 0 bridgehead atoms. The standard InChI is InChI=1S/C14H16INO4.C11H24O2Si.C10H10INO3/c1-8-12-11(7-17)20-16(13(12)14(18)19-8)6-9-4-2-3-5-10(9)15;1-10(12)8-7-9-13-14(5,6)11(2,3)4;1-15-10(13)7-12(14)6-8-4-2-3-5-9(8)11/h2-5,8,11-13,17H,6-7H2,1H3;7-8,10,12H,9H2,1-6H3;2-5,7H,6H2,1H3/b;8-7-;12-7-/t8-,11-,12+,13-;10-;/m11./s1. The van der Waals surface area contributed by atoms with E-state index in [2.05, 4.69) is 83.8 Å². The van der Waals surface area contributed by atoms with Gasteiger partial charge in [0.15, 0.2) is 14.9 Å². The van der Waals surface area contributed by atoms with Crippen molar-refractivity contribution in [3.8, 4) is 0 Å². The zero-order valence-corrected chi connectivity index (χ0v) is 34.8. The van der Waals surface area contributed by atoms with Crippen molar-refractivity contribution < 1.29 is 43.3 Å². The summed E-state index contributed by atoms with van der Waals surface area (Å²) in [6.45, 7) is 15.9. The maximum atomic E-state index is 12.0. The van der Waals surface area contributed by atoms with Crippen molar-refractivity contribution in [2.45, 2.75) is 90.2 Å². The molecule has 2 aromatic carbocycles. The summed E-state index contributed by atoms with van der Waals surface area (Å²) in [5, 5.41) is 31.7. The van der Waals surface area contributed by atoms with E-state index in [1.165, 1.54) is 7.11 Å². The minimum absolute atomic E-state index is 0.103. The van der Waals surface area contributed by atoms with Gasteiger partial charge in [0, 0.05) is 12.7 Å². The number of ether oxygens (including phenoxy) is 2. The van der Waals surface area contributed by atoms with E-state index in [0.717, 1.165) is 24.5 Å². The molecule has 0 radical (unpaired) electrons. The summed E-state index contributed by atoms with van der Waals surface area (Å²) in [7, 11) is -0.375. The third kappa shape index (κ3) is 13.6. The first-order valence-corrected chi connectivity index (χ1v) is 21.0. The molecule has 0 spiro atoms. The molecule has 272 valence electrons. The van der Waals surface area contributed by atoms with Crippen LogP contribution in [0.4, 0.5) is 0 Å². The number of carbonyl (C=O) groups is 2. The van der Waals surface area contributed by atoms with Gasteiger partial charge in [-0.25, -0.2) is 9.53 Å². The molecule has 2 aromatic rings. The number of carbonyl (C=O) groups excluding carboxylic acids is 2. The van der Waals surface area contributed by atoms with Crippen LogP contribution in [-0.2, 0) is 41.4 Å². The van der Waals surface area contributed by atoms with Gasteiger partial charge < -0.3 is 29.3 Å². The molecular weight excluding hydrogens is 874 g/mol. The number of rotatable bonds is 10. The lowest BCUT2D eigenvalue weighted by Gasteiger charge is -2.35. The number of fused-ring (bicyclic) bond motifs is 1. The molecule has 5 atom stereocenters. The summed E-state index contributed by atoms with van der Waals surface area (Å²) >= 11 is 4.40. The van der Waals surface area contributed by atoms with Gasteiger partial charge in [-0.1, -0.05) is 69.3 Å². The first-order chi connectivity index (χ1) is 22.9. The van der Waals surface area contributed by atoms with Crippen molar-refractivity contribution in [3.63, 3.8) is 0 Å². The van der Waals surface area contributed by atoms with E-state index < -0.39 is 20.3 Å². The van der Waals surface area contributed by atoms with Crippen LogP contribution < -0.4 is 0 Å². The van der Waals surface area contributed by atoms with Gasteiger partial charge in [0.2, 0.25) is 0 Å². The Morgan fingerprint density at radius 1 is 1.12 bits per heavy atom. The Morgan fingerprint density at radius 2 is 1.69 bits per heavy atom. The predicted octanol–water partition coefficient (Wildman–Crippen LogP) is 5.82. The molecule has 2 saturated heterocycles. The van der Waals surface area contributed by atoms with Gasteiger partial charge in [0.05, 0.1) is 38.9 Å². The summed E-state index contributed by atoms with van der Waals surface area (Å²) in [5.41, 5.74) is 1.98. The number of hydroxylamine groups is 3. The lowest BCUT2D eigenvalue weighted by Crippen LogP contribution is -2.40. The molecule has 2 heterocycles. The SMILES string of the molecule is COC(=O)/C=[N+](\[O-])Cc1ccccc1I.C[C@@H](O)/C=C\CO[Si](C)(C)C(C)(C)C.C[C@H]1OC(=O)[C@H]2[C@@H]1[C@@H](CO)ON2Cc1ccccc1I. The first-order valence-electron chi connectivity index (χ1n) is 16.0. The van der Waals surface area contributed by atoms with E-state index in [1.54, 1.807) is 18.1 Å². The van der Waals surface area contributed by atoms with Gasteiger partial charge in [-0.05, 0) is 94.9 Å². The normalized spacial score (nSPS) is 21.6. The summed E-state index contributed by atoms with van der Waals surface area (Å²) in [4.78, 5) is 28.5. The maximum Gasteiger partial charge on any atom is 0.396 e. The molecule has 0 aromatic heterocycles. The molecule has 2 fully saturated rings. The number of hydrogen-bond donors (Lipinski definition) is 2. The van der Waals surface area contributed by atoms with E-state index in [4.69, 9.17) is 19.1 Å². The van der Waals surface area contributed by atoms with Crippen LogP contribution in [-0.4, -0.2) is 91.2 Å². The minimum Gasteiger partial charge on any atom is -0.623 e. The van der Waals surface area contributed by atoms with Crippen LogP contribution in [0.2, 0.25) is 18.1 Å². The van der Waals surface area contributed by atoms with Gasteiger partial charge in [-0.15, -0.1) is 0 Å². The summed E-state index contributed by atoms with van der Waals surface area (Å²) in [5.74, 6) is -1.01. The monoisotopic (exact) mass is 924 g/mol. The van der Waals surface area contributed by atoms with Crippen LogP contribution in [0.5, 0.6) is 0 Å². The lowest BCUT2D eigenvalue weighted by atomic mass is 9.93. The van der Waals surface area contributed by atoms with E-state index in [-0.39, 0.29) is 48.4 Å². The van der Waals surface area contributed by atoms with Crippen molar-refractivity contribution in [2.75, 3.05) is 20.3 Å². The smallest absolute Gasteiger partial charge is 0.396 e. The Kier molecular flexibility index (Phi) is 17.8. The number of nitrogens with zero attached hydrogens (tertiary/aromatic N) is 2. The third-order valence-electron chi connectivity index (χ3n) is 8.42. The van der Waals surface area contributed by atoms with Crippen molar-refractivity contribution >= 4 is 71.7 Å². The van der Waals surface area contributed by atoms with Crippen LogP contribution in [0.15, 0.2) is 60.7 Å². The second-order valence-electron chi connectivity index (χ2n) is 13.2. The molecular formula is C35H50I2N2O9Si. The Morgan fingerprint density at radius 3 is 2.20 bits per heavy atom. The minimum atomic E-state index is -1.61. The fourth-order valence-corrected chi connectivity index (χ4v) is 6.75. The number of esters is 2. The number of aliphatic hydroxyl groups is 2. The number of benzene rings is 2. The van der Waals surface area contributed by atoms with E-state index in [0.29, 0.717) is 17.9 Å². The summed E-state index contributed by atoms with van der Waals surface area (Å²) in [6.07, 6.45) is 3.58. The third-order valence-corrected chi connectivity index (χ3v) is 15.0. The van der Waals surface area contributed by atoms with Crippen LogP contribution in [0.25, 0.3) is 0 Å². The Bertz CT molecular complexity index is 1430. The molecule has 2 aliphatic rings. The maximum absolute atomic E-state index is 12.0. The van der Waals surface area contributed by atoms with Crippen LogP contribution in [0.1, 0.15) is 45.7 Å². The van der Waals surface area contributed by atoms with Crippen LogP contribution >= 0.6 is 45.2 Å². The first kappa shape index (κ1) is 43.2. The average Bonchev–Trinajstić information content (AvgIpc) is 3.54. The van der Waals surface area contributed by atoms with Crippen LogP contribution in [0, 0.1) is 18.3 Å². The average molecular weight is 925 g/mol. The fourth-order valence-electron chi connectivity index (χ4n) is 4.69. The molecule has 2 N–H and O–H groups in total. The predicted molar refractivity (Wildman–Crippen MR) is 208 cm³/mol. The highest BCUT2D eigenvalue weighted by molar-refractivity contribution is 14.1. The zero-order valence-electron chi connectivity index (χ0n) is 29.5. The number of hydrogen-bond acceptors (Lipinski definition) is 10. The molecule has 14 heteroatoms. The van der Waals surface area contributed by atoms with Gasteiger partial charge in [-0.2, -0.15) is 5.06 Å². The summed E-state index contributed by atoms with van der Waals surface area (Å²) in [6, 6.07) is 15.0. The molecule has 4 rings (SSSR count). The second kappa shape index (κ2) is 20.2. The molecule has 0 unspecified atom stereocenters. The Balaban J connectivity index is 0.000000262. The number of methoxy groups -OCH3 is 1. The van der Waals surface area contributed by atoms with E-state index in [1.807, 2.05) is 61.5 Å². The van der Waals surface area contributed by atoms with Crippen molar-refractivity contribution in [1.82, 2.24) is 5.06 Å². The van der Waals surface area contributed by atoms with Gasteiger partial charge in [0.1, 0.15) is 18.2 Å². The Hall–Kier alpha value is -1.93. The zero-order chi connectivity index (χ0) is 36.9. The van der Waals surface area contributed by atoms with Gasteiger partial charge in [-0.3, -0.25) is 9.63 Å². The molecule has 0 aliphatic carbocycles. The number of aliphatic hydroxyl groups excluding tert-OH is 2. The highest BCUT2D eigenvalue weighted by Crippen LogP contribution is 2.39. The van der Waals surface area contributed by atoms with Crippen LogP contribution in [0.3, 0.4) is 0 Å². The second-order valence-corrected chi connectivity index (χ2v) is 20.3. The van der Waals surface area contributed by atoms with Crippen molar-refractivity contribution in [2.24, 2.45) is 5.92 Å². The highest BCUT2D eigenvalue weighted by Gasteiger charge is 2.56. The van der Waals surface area contributed by atoms with Gasteiger partial charge >= 0.3 is 11.9 Å². The van der Waals surface area contributed by atoms with Crippen molar-refractivity contribution in [3.05, 3.63) is 84.2 Å². The molecule has 11 nitrogen and oxygen atoms in total. The topological polar surface area (TPSA) is 141 Å². The number of halogens is 2. The fraction of sp³-hybridized carbons (Fsp3) is 0.514. The number of cyclic esters (lactones) is 1. The van der Waals surface area contributed by atoms with Crippen molar-refractivity contribution in [1.29, 1.82) is 0 Å². The van der Waals surface area contributed by atoms with E-state index >= 15 is 0 Å². The molecule has 0 saturated carbocycles. The quantitative estimate of drug-likeness (QED) is 0.0438. The Labute approximate surface area is 318 Å². The molecule has 2 aliphatic heterocycles. The highest BCUT2D eigenvalue weighted by atomic mass is 127. The lowest BCUT2D eigenvalue weighted by molar-refractivity contribution is -0.469. The molecule has 49 heavy (non-hydrogen) atoms. The largest absolute Gasteiger partial charge is 0.623 e. The summed E-state index contributed by atoms with van der Waals surface area (Å²) < 4.78 is 18.2. The van der Waals surface area contributed by atoms with Gasteiger partial charge in [0.25, 0.3) is 6.21 Å². The van der Waals surface area contributed by atoms with E-state index in [9.17, 15) is 19.9 Å². The molecule has 0 amide bonds.